The van der Waals surface area contributed by atoms with E-state index in [1.54, 1.807) is 0 Å². The van der Waals surface area contributed by atoms with Gasteiger partial charge in [-0.05, 0) is 43.5 Å². The Labute approximate surface area is 114 Å². The van der Waals surface area contributed by atoms with Crippen LogP contribution in [0.1, 0.15) is 41.4 Å². The maximum atomic E-state index is 4.71. The normalized spacial score (nSPS) is 18.1. The largest absolute Gasteiger partial charge is 0.314 e. The predicted octanol–water partition coefficient (Wildman–Crippen LogP) is 2.66. The fourth-order valence-corrected chi connectivity index (χ4v) is 2.88. The van der Waals surface area contributed by atoms with Gasteiger partial charge in [0.25, 0.3) is 0 Å². The molecule has 19 heavy (non-hydrogen) atoms. The number of aryl methyl sites for hydroxylation is 1. The Balaban J connectivity index is 1.97. The lowest BCUT2D eigenvalue weighted by atomic mass is 9.82. The van der Waals surface area contributed by atoms with E-state index in [2.05, 4.69) is 34.6 Å². The molecular weight excluding hydrogens is 234 g/mol. The van der Waals surface area contributed by atoms with Crippen LogP contribution >= 0.6 is 0 Å². The van der Waals surface area contributed by atoms with Gasteiger partial charge in [-0.25, -0.2) is 9.97 Å². The highest BCUT2D eigenvalue weighted by Crippen LogP contribution is 2.34. The number of aromatic nitrogens is 2. The zero-order valence-corrected chi connectivity index (χ0v) is 11.3. The summed E-state index contributed by atoms with van der Waals surface area (Å²) in [6.45, 7) is 0.796. The first kappa shape index (κ1) is 12.3. The third-order valence-corrected chi connectivity index (χ3v) is 3.77. The highest BCUT2D eigenvalue weighted by molar-refractivity contribution is 5.36. The molecule has 0 amide bonds. The fourth-order valence-electron chi connectivity index (χ4n) is 2.88. The van der Waals surface area contributed by atoms with Crippen LogP contribution in [0, 0.1) is 0 Å². The fraction of sp³-hybridized carbons (Fsp3) is 0.375. The van der Waals surface area contributed by atoms with Crippen molar-refractivity contribution in [2.75, 3.05) is 7.05 Å². The van der Waals surface area contributed by atoms with Crippen molar-refractivity contribution >= 4 is 0 Å². The van der Waals surface area contributed by atoms with E-state index in [1.165, 1.54) is 24.0 Å². The van der Waals surface area contributed by atoms with Crippen molar-refractivity contribution in [2.45, 2.75) is 31.7 Å². The van der Waals surface area contributed by atoms with Gasteiger partial charge in [0.1, 0.15) is 5.82 Å². The standard InChI is InChI=1S/C16H19N3/c1-17-11-13-9-10-18-16(19-13)15-8-4-6-12-5-2-3-7-14(12)15/h2-3,5,7,9-10,15,17H,4,6,8,11H2,1H3. The Kier molecular flexibility index (Phi) is 3.56. The molecule has 0 bridgehead atoms. The Morgan fingerprint density at radius 1 is 1.26 bits per heavy atom. The Hall–Kier alpha value is -1.74. The molecule has 1 N–H and O–H groups in total. The molecule has 0 saturated heterocycles. The van der Waals surface area contributed by atoms with Crippen LogP contribution in [0.2, 0.25) is 0 Å². The lowest BCUT2D eigenvalue weighted by Gasteiger charge is -2.24. The average molecular weight is 253 g/mol. The Morgan fingerprint density at radius 2 is 2.16 bits per heavy atom. The first-order chi connectivity index (χ1) is 9.38. The quantitative estimate of drug-likeness (QED) is 0.914. The first-order valence-corrected chi connectivity index (χ1v) is 6.92. The summed E-state index contributed by atoms with van der Waals surface area (Å²) < 4.78 is 0. The van der Waals surface area contributed by atoms with E-state index < -0.39 is 0 Å². The second-order valence-electron chi connectivity index (χ2n) is 5.08. The lowest BCUT2D eigenvalue weighted by molar-refractivity contribution is 0.585. The number of fused-ring (bicyclic) bond motifs is 1. The minimum atomic E-state index is 0.363. The van der Waals surface area contributed by atoms with Crippen LogP contribution in [-0.4, -0.2) is 17.0 Å². The van der Waals surface area contributed by atoms with Crippen LogP contribution in [0.5, 0.6) is 0 Å². The van der Waals surface area contributed by atoms with E-state index in [1.807, 2.05) is 19.3 Å². The summed E-state index contributed by atoms with van der Waals surface area (Å²) in [6, 6.07) is 10.7. The molecule has 1 aliphatic carbocycles. The lowest BCUT2D eigenvalue weighted by Crippen LogP contribution is -2.15. The van der Waals surface area contributed by atoms with Gasteiger partial charge in [-0.15, -0.1) is 0 Å². The zero-order chi connectivity index (χ0) is 13.1. The third-order valence-electron chi connectivity index (χ3n) is 3.77. The van der Waals surface area contributed by atoms with Crippen LogP contribution < -0.4 is 5.32 Å². The van der Waals surface area contributed by atoms with E-state index in [-0.39, 0.29) is 0 Å². The summed E-state index contributed by atoms with van der Waals surface area (Å²) in [7, 11) is 1.94. The summed E-state index contributed by atoms with van der Waals surface area (Å²) in [6.07, 6.45) is 5.44. The number of rotatable bonds is 3. The zero-order valence-electron chi connectivity index (χ0n) is 11.3. The molecule has 1 aliphatic rings. The smallest absolute Gasteiger partial charge is 0.136 e. The van der Waals surface area contributed by atoms with Gasteiger partial charge in [0.05, 0.1) is 5.69 Å². The summed E-state index contributed by atoms with van der Waals surface area (Å²) in [5, 5.41) is 3.14. The second kappa shape index (κ2) is 5.49. The van der Waals surface area contributed by atoms with E-state index in [4.69, 9.17) is 4.98 Å². The number of hydrogen-bond acceptors (Lipinski definition) is 3. The summed E-state index contributed by atoms with van der Waals surface area (Å²) in [4.78, 5) is 9.22. The second-order valence-corrected chi connectivity index (χ2v) is 5.08. The Bertz CT molecular complexity index is 565. The van der Waals surface area contributed by atoms with Crippen LogP contribution in [0.25, 0.3) is 0 Å². The van der Waals surface area contributed by atoms with Crippen molar-refractivity contribution in [3.63, 3.8) is 0 Å². The molecule has 0 fully saturated rings. The van der Waals surface area contributed by atoms with Gasteiger partial charge in [0.15, 0.2) is 0 Å². The molecule has 3 heteroatoms. The summed E-state index contributed by atoms with van der Waals surface area (Å²) >= 11 is 0. The first-order valence-electron chi connectivity index (χ1n) is 6.92. The SMILES string of the molecule is CNCc1ccnc(C2CCCc3ccccc32)n1. The average Bonchev–Trinajstić information content (AvgIpc) is 2.47. The number of nitrogens with one attached hydrogen (secondary N) is 1. The van der Waals surface area contributed by atoms with Crippen molar-refractivity contribution in [1.29, 1.82) is 0 Å². The monoisotopic (exact) mass is 253 g/mol. The molecule has 0 radical (unpaired) electrons. The molecule has 1 aromatic carbocycles. The minimum absolute atomic E-state index is 0.363. The van der Waals surface area contributed by atoms with Crippen LogP contribution in [0.3, 0.4) is 0 Å². The van der Waals surface area contributed by atoms with E-state index >= 15 is 0 Å². The number of benzene rings is 1. The van der Waals surface area contributed by atoms with Crippen LogP contribution in [0.4, 0.5) is 0 Å². The van der Waals surface area contributed by atoms with Gasteiger partial charge in [-0.1, -0.05) is 24.3 Å². The van der Waals surface area contributed by atoms with Crippen molar-refractivity contribution in [3.8, 4) is 0 Å². The number of nitrogens with zero attached hydrogens (tertiary/aromatic N) is 2. The van der Waals surface area contributed by atoms with Gasteiger partial charge in [0.2, 0.25) is 0 Å². The Morgan fingerprint density at radius 3 is 3.05 bits per heavy atom. The van der Waals surface area contributed by atoms with Gasteiger partial charge < -0.3 is 5.32 Å². The van der Waals surface area contributed by atoms with Crippen LogP contribution in [0.15, 0.2) is 36.5 Å². The highest BCUT2D eigenvalue weighted by atomic mass is 14.9. The van der Waals surface area contributed by atoms with E-state index in [0.717, 1.165) is 24.5 Å². The van der Waals surface area contributed by atoms with Crippen LogP contribution in [-0.2, 0) is 13.0 Å². The maximum absolute atomic E-state index is 4.71. The van der Waals surface area contributed by atoms with Crippen molar-refractivity contribution in [3.05, 3.63) is 59.2 Å². The van der Waals surface area contributed by atoms with Crippen molar-refractivity contribution < 1.29 is 0 Å². The molecule has 98 valence electrons. The van der Waals surface area contributed by atoms with Crippen molar-refractivity contribution in [2.24, 2.45) is 0 Å². The summed E-state index contributed by atoms with van der Waals surface area (Å²) in [5.41, 5.74) is 3.94. The molecule has 2 aromatic rings. The molecule has 1 unspecified atom stereocenters. The minimum Gasteiger partial charge on any atom is -0.314 e. The third kappa shape index (κ3) is 2.51. The van der Waals surface area contributed by atoms with Gasteiger partial charge >= 0.3 is 0 Å². The molecule has 0 aliphatic heterocycles. The van der Waals surface area contributed by atoms with Gasteiger partial charge in [-0.2, -0.15) is 0 Å². The molecule has 1 atom stereocenters. The number of hydrogen-bond donors (Lipinski definition) is 1. The summed E-state index contributed by atoms with van der Waals surface area (Å²) in [5.74, 6) is 1.33. The molecule has 3 nitrogen and oxygen atoms in total. The molecule has 0 saturated carbocycles. The predicted molar refractivity (Wildman–Crippen MR) is 76.0 cm³/mol. The van der Waals surface area contributed by atoms with Crippen molar-refractivity contribution in [1.82, 2.24) is 15.3 Å². The molecule has 1 heterocycles. The molecule has 0 spiro atoms. The molecular formula is C16H19N3. The van der Waals surface area contributed by atoms with Gasteiger partial charge in [0, 0.05) is 18.7 Å². The van der Waals surface area contributed by atoms with E-state index in [0.29, 0.717) is 5.92 Å². The topological polar surface area (TPSA) is 37.8 Å². The highest BCUT2D eigenvalue weighted by Gasteiger charge is 2.23. The maximum Gasteiger partial charge on any atom is 0.136 e. The van der Waals surface area contributed by atoms with E-state index in [9.17, 15) is 0 Å². The van der Waals surface area contributed by atoms with Gasteiger partial charge in [-0.3, -0.25) is 0 Å². The molecule has 1 aromatic heterocycles. The molecule has 3 rings (SSSR count).